The summed E-state index contributed by atoms with van der Waals surface area (Å²) in [5.74, 6) is 2.61. The fraction of sp³-hybridized carbons (Fsp3) is 0.300. The number of nitrogens with two attached hydrogens (primary N) is 1. The molecule has 0 saturated carbocycles. The second-order valence-electron chi connectivity index (χ2n) is 3.53. The van der Waals surface area contributed by atoms with Gasteiger partial charge in [-0.25, -0.2) is 9.97 Å². The molecule has 0 fully saturated rings. The monoisotopic (exact) mass is 218 g/mol. The van der Waals surface area contributed by atoms with Crippen molar-refractivity contribution in [3.8, 4) is 5.82 Å². The Hall–Kier alpha value is -2.11. The summed E-state index contributed by atoms with van der Waals surface area (Å²) in [6, 6.07) is 3.63. The minimum absolute atomic E-state index is 0.442. The predicted molar refractivity (Wildman–Crippen MR) is 62.6 cm³/mol. The molecule has 0 amide bonds. The molecule has 2 aromatic heterocycles. The Morgan fingerprint density at radius 1 is 1.25 bits per heavy atom. The largest absolute Gasteiger partial charge is 0.384 e. The lowest BCUT2D eigenvalue weighted by molar-refractivity contribution is 0.822. The summed E-state index contributed by atoms with van der Waals surface area (Å²) in [6.45, 7) is 3.73. The van der Waals surface area contributed by atoms with Crippen LogP contribution in [-0.4, -0.2) is 26.8 Å². The lowest BCUT2D eigenvalue weighted by Gasteiger charge is -2.06. The van der Waals surface area contributed by atoms with Gasteiger partial charge in [-0.2, -0.15) is 9.78 Å². The quantitative estimate of drug-likeness (QED) is 0.782. The maximum Gasteiger partial charge on any atom is 0.161 e. The summed E-state index contributed by atoms with van der Waals surface area (Å²) >= 11 is 0. The molecule has 6 nitrogen and oxygen atoms in total. The first kappa shape index (κ1) is 10.4. The van der Waals surface area contributed by atoms with Crippen molar-refractivity contribution in [2.45, 2.75) is 13.8 Å². The van der Waals surface area contributed by atoms with Crippen LogP contribution in [0.25, 0.3) is 5.82 Å². The van der Waals surface area contributed by atoms with E-state index in [4.69, 9.17) is 5.73 Å². The van der Waals surface area contributed by atoms with E-state index in [9.17, 15) is 0 Å². The van der Waals surface area contributed by atoms with E-state index < -0.39 is 0 Å². The van der Waals surface area contributed by atoms with Crippen LogP contribution in [0.2, 0.25) is 0 Å². The van der Waals surface area contributed by atoms with Crippen molar-refractivity contribution in [3.05, 3.63) is 23.7 Å². The highest BCUT2D eigenvalue weighted by molar-refractivity contribution is 5.46. The van der Waals surface area contributed by atoms with E-state index in [2.05, 4.69) is 20.4 Å². The minimum Gasteiger partial charge on any atom is -0.384 e. The van der Waals surface area contributed by atoms with Gasteiger partial charge in [0.2, 0.25) is 0 Å². The molecule has 3 N–H and O–H groups in total. The zero-order valence-electron chi connectivity index (χ0n) is 9.52. The van der Waals surface area contributed by atoms with E-state index in [0.29, 0.717) is 17.5 Å². The Morgan fingerprint density at radius 3 is 2.62 bits per heavy atom. The van der Waals surface area contributed by atoms with Crippen LogP contribution in [0.15, 0.2) is 12.1 Å². The molecule has 0 spiro atoms. The predicted octanol–water partition coefficient (Wildman–Crippen LogP) is 0.903. The fourth-order valence-corrected chi connectivity index (χ4v) is 1.54. The summed E-state index contributed by atoms with van der Waals surface area (Å²) in [5.41, 5.74) is 6.60. The van der Waals surface area contributed by atoms with Crippen molar-refractivity contribution in [2.24, 2.45) is 0 Å². The Labute approximate surface area is 93.5 Å². The minimum atomic E-state index is 0.442. The Morgan fingerprint density at radius 2 is 2.00 bits per heavy atom. The lowest BCUT2D eigenvalue weighted by Crippen LogP contribution is -2.07. The zero-order chi connectivity index (χ0) is 11.7. The molecule has 2 heterocycles. The number of hydrogen-bond donors (Lipinski definition) is 2. The molecule has 84 valence electrons. The Balaban J connectivity index is 2.57. The molecular formula is C10H14N6. The zero-order valence-corrected chi connectivity index (χ0v) is 9.52. The maximum atomic E-state index is 5.68. The standard InChI is InChI=1S/C10H14N6/c1-6-4-9(12-3)16(15-6)10-5-8(11)13-7(2)14-10/h4-5,12H,1-3H3,(H2,11,13,14). The first-order valence-electron chi connectivity index (χ1n) is 4.96. The van der Waals surface area contributed by atoms with E-state index in [1.807, 2.05) is 20.0 Å². The number of rotatable bonds is 2. The average Bonchev–Trinajstić information content (AvgIpc) is 2.58. The van der Waals surface area contributed by atoms with Crippen molar-refractivity contribution in [1.82, 2.24) is 19.7 Å². The van der Waals surface area contributed by atoms with Crippen LogP contribution in [-0.2, 0) is 0 Å². The summed E-state index contributed by atoms with van der Waals surface area (Å²) in [6.07, 6.45) is 0. The van der Waals surface area contributed by atoms with Gasteiger partial charge in [0.1, 0.15) is 17.5 Å². The van der Waals surface area contributed by atoms with Crippen LogP contribution >= 0.6 is 0 Å². The highest BCUT2D eigenvalue weighted by Gasteiger charge is 2.08. The topological polar surface area (TPSA) is 81.7 Å². The van der Waals surface area contributed by atoms with Crippen molar-refractivity contribution < 1.29 is 0 Å². The highest BCUT2D eigenvalue weighted by atomic mass is 15.4. The number of hydrogen-bond acceptors (Lipinski definition) is 5. The number of nitrogens with zero attached hydrogens (tertiary/aromatic N) is 4. The number of anilines is 2. The van der Waals surface area contributed by atoms with Crippen LogP contribution in [0.3, 0.4) is 0 Å². The summed E-state index contributed by atoms with van der Waals surface area (Å²) < 4.78 is 1.71. The third-order valence-corrected chi connectivity index (χ3v) is 2.15. The van der Waals surface area contributed by atoms with Gasteiger partial charge in [0.25, 0.3) is 0 Å². The molecule has 6 heteroatoms. The lowest BCUT2D eigenvalue weighted by atomic mass is 10.4. The SMILES string of the molecule is CNc1cc(C)nn1-c1cc(N)nc(C)n1. The Bertz CT molecular complexity index is 496. The van der Waals surface area contributed by atoms with Gasteiger partial charge in [-0.05, 0) is 13.8 Å². The number of aryl methyl sites for hydroxylation is 2. The van der Waals surface area contributed by atoms with E-state index in [1.165, 1.54) is 0 Å². The van der Waals surface area contributed by atoms with Gasteiger partial charge < -0.3 is 11.1 Å². The van der Waals surface area contributed by atoms with E-state index >= 15 is 0 Å². The van der Waals surface area contributed by atoms with Crippen molar-refractivity contribution in [3.63, 3.8) is 0 Å². The van der Waals surface area contributed by atoms with Crippen LogP contribution in [0.1, 0.15) is 11.5 Å². The molecule has 0 saturated heterocycles. The van der Waals surface area contributed by atoms with Crippen LogP contribution in [0.4, 0.5) is 11.6 Å². The summed E-state index contributed by atoms with van der Waals surface area (Å²) in [4.78, 5) is 8.32. The highest BCUT2D eigenvalue weighted by Crippen LogP contribution is 2.16. The third kappa shape index (κ3) is 1.81. The number of aromatic nitrogens is 4. The average molecular weight is 218 g/mol. The third-order valence-electron chi connectivity index (χ3n) is 2.15. The van der Waals surface area contributed by atoms with E-state index in [-0.39, 0.29) is 0 Å². The molecule has 0 radical (unpaired) electrons. The smallest absolute Gasteiger partial charge is 0.161 e. The van der Waals surface area contributed by atoms with Gasteiger partial charge in [0.05, 0.1) is 5.69 Å². The van der Waals surface area contributed by atoms with Crippen molar-refractivity contribution in [1.29, 1.82) is 0 Å². The molecule has 0 aliphatic carbocycles. The first-order chi connectivity index (χ1) is 7.60. The molecule has 0 unspecified atom stereocenters. The molecule has 0 atom stereocenters. The number of nitrogens with one attached hydrogen (secondary N) is 1. The molecule has 2 aromatic rings. The molecule has 0 aliphatic rings. The van der Waals surface area contributed by atoms with Gasteiger partial charge in [-0.15, -0.1) is 0 Å². The summed E-state index contributed by atoms with van der Waals surface area (Å²) in [5, 5.41) is 7.40. The van der Waals surface area contributed by atoms with Gasteiger partial charge >= 0.3 is 0 Å². The van der Waals surface area contributed by atoms with Gasteiger partial charge in [-0.1, -0.05) is 0 Å². The molecule has 0 aliphatic heterocycles. The van der Waals surface area contributed by atoms with Gasteiger partial charge in [0.15, 0.2) is 5.82 Å². The molecule has 0 aromatic carbocycles. The second kappa shape index (κ2) is 3.80. The second-order valence-corrected chi connectivity index (χ2v) is 3.53. The van der Waals surface area contributed by atoms with Crippen molar-refractivity contribution >= 4 is 11.6 Å². The van der Waals surface area contributed by atoms with Crippen LogP contribution in [0, 0.1) is 13.8 Å². The molecule has 16 heavy (non-hydrogen) atoms. The number of nitrogen functional groups attached to an aromatic ring is 1. The van der Waals surface area contributed by atoms with Crippen LogP contribution < -0.4 is 11.1 Å². The molecular weight excluding hydrogens is 204 g/mol. The van der Waals surface area contributed by atoms with Gasteiger partial charge in [-0.3, -0.25) is 0 Å². The molecule has 0 bridgehead atoms. The van der Waals surface area contributed by atoms with E-state index in [1.54, 1.807) is 17.7 Å². The fourth-order valence-electron chi connectivity index (χ4n) is 1.54. The van der Waals surface area contributed by atoms with Gasteiger partial charge in [0, 0.05) is 19.2 Å². The Kier molecular flexibility index (Phi) is 2.47. The normalized spacial score (nSPS) is 10.4. The van der Waals surface area contributed by atoms with E-state index in [0.717, 1.165) is 11.5 Å². The maximum absolute atomic E-state index is 5.68. The molecule has 2 rings (SSSR count). The first-order valence-corrected chi connectivity index (χ1v) is 4.96. The van der Waals surface area contributed by atoms with Crippen molar-refractivity contribution in [2.75, 3.05) is 18.1 Å². The van der Waals surface area contributed by atoms with Crippen LogP contribution in [0.5, 0.6) is 0 Å². The summed E-state index contributed by atoms with van der Waals surface area (Å²) in [7, 11) is 1.84.